The summed E-state index contributed by atoms with van der Waals surface area (Å²) in [6.45, 7) is 4.01. The van der Waals surface area contributed by atoms with Gasteiger partial charge in [-0.1, -0.05) is 37.6 Å². The smallest absolute Gasteiger partial charge is 0.340 e. The zero-order valence-electron chi connectivity index (χ0n) is 19.3. The largest absolute Gasteiger partial charge is 0.465 e. The van der Waals surface area contributed by atoms with Crippen molar-refractivity contribution in [2.24, 2.45) is 5.41 Å². The molecule has 0 atom stereocenters. The quantitative estimate of drug-likeness (QED) is 0.293. The molecule has 5 rings (SSSR count). The second kappa shape index (κ2) is 8.86. The molecule has 0 amide bonds. The van der Waals surface area contributed by atoms with Gasteiger partial charge in [0.1, 0.15) is 10.0 Å². The number of ether oxygens (including phenoxy) is 1. The van der Waals surface area contributed by atoms with Gasteiger partial charge in [-0.2, -0.15) is 0 Å². The summed E-state index contributed by atoms with van der Waals surface area (Å²) in [7, 11) is 1.30. The van der Waals surface area contributed by atoms with Gasteiger partial charge in [-0.05, 0) is 41.5 Å². The summed E-state index contributed by atoms with van der Waals surface area (Å²) in [4.78, 5) is 44.3. The zero-order chi connectivity index (χ0) is 24.9. The first-order valence-corrected chi connectivity index (χ1v) is 13.0. The Morgan fingerprint density at radius 2 is 1.83 bits per heavy atom. The molecule has 0 bridgehead atoms. The molecule has 35 heavy (non-hydrogen) atoms. The lowest BCUT2D eigenvalue weighted by Crippen LogP contribution is -2.35. The van der Waals surface area contributed by atoms with E-state index in [1.54, 1.807) is 29.6 Å². The summed E-state index contributed by atoms with van der Waals surface area (Å²) in [5.41, 5.74) is 2.67. The maximum absolute atomic E-state index is 14.0. The van der Waals surface area contributed by atoms with E-state index >= 15 is 0 Å². The third-order valence-corrected chi connectivity index (χ3v) is 8.04. The molecule has 0 unspecified atom stereocenters. The van der Waals surface area contributed by atoms with E-state index in [9.17, 15) is 14.4 Å². The number of aromatic nitrogens is 2. The van der Waals surface area contributed by atoms with Gasteiger partial charge in [0.05, 0.1) is 23.9 Å². The van der Waals surface area contributed by atoms with Crippen LogP contribution in [-0.4, -0.2) is 28.4 Å². The summed E-state index contributed by atoms with van der Waals surface area (Å²) in [6, 6.07) is 10.6. The van der Waals surface area contributed by atoms with Gasteiger partial charge in [0.2, 0.25) is 0 Å². The highest BCUT2D eigenvalue weighted by atomic mass is 35.5. The molecule has 0 spiro atoms. The Labute approximate surface area is 214 Å². The summed E-state index contributed by atoms with van der Waals surface area (Å²) in [5.74, 6) is -0.565. The number of thiophene rings is 1. The number of ketones is 1. The van der Waals surface area contributed by atoms with E-state index in [1.165, 1.54) is 34.4 Å². The first-order chi connectivity index (χ1) is 16.7. The van der Waals surface area contributed by atoms with Gasteiger partial charge in [0.25, 0.3) is 5.56 Å². The average Bonchev–Trinajstić information content (AvgIpc) is 3.48. The van der Waals surface area contributed by atoms with E-state index in [0.717, 1.165) is 5.56 Å². The van der Waals surface area contributed by atoms with E-state index in [4.69, 9.17) is 21.3 Å². The van der Waals surface area contributed by atoms with E-state index in [2.05, 4.69) is 0 Å². The average molecular weight is 525 g/mol. The number of carbonyl (C=O) groups is 2. The summed E-state index contributed by atoms with van der Waals surface area (Å²) >= 11 is 8.60. The summed E-state index contributed by atoms with van der Waals surface area (Å²) in [6.07, 6.45) is 0.899. The number of carbonyl (C=O) groups excluding carboxylic acids is 2. The summed E-state index contributed by atoms with van der Waals surface area (Å²) < 4.78 is 6.46. The minimum atomic E-state index is -0.534. The Bertz CT molecular complexity index is 1530. The molecule has 1 aromatic carbocycles. The molecule has 0 aliphatic heterocycles. The number of methoxy groups -OCH3 is 1. The van der Waals surface area contributed by atoms with Crippen LogP contribution in [0.2, 0.25) is 5.02 Å². The minimum Gasteiger partial charge on any atom is -0.465 e. The number of benzene rings is 1. The van der Waals surface area contributed by atoms with Gasteiger partial charge in [0, 0.05) is 33.6 Å². The Kier molecular flexibility index (Phi) is 5.99. The van der Waals surface area contributed by atoms with Crippen LogP contribution in [-0.2, 0) is 11.2 Å². The monoisotopic (exact) mass is 524 g/mol. The van der Waals surface area contributed by atoms with E-state index < -0.39 is 5.97 Å². The summed E-state index contributed by atoms with van der Waals surface area (Å²) in [5, 5.41) is 5.19. The van der Waals surface area contributed by atoms with Crippen LogP contribution in [0.5, 0.6) is 0 Å². The number of halogens is 1. The van der Waals surface area contributed by atoms with Crippen LogP contribution in [0.3, 0.4) is 0 Å². The maximum Gasteiger partial charge on any atom is 0.340 e. The van der Waals surface area contributed by atoms with E-state index in [0.29, 0.717) is 50.4 Å². The molecule has 4 aromatic rings. The van der Waals surface area contributed by atoms with Crippen LogP contribution in [0.25, 0.3) is 26.8 Å². The number of hydrogen-bond donors (Lipinski definition) is 0. The number of thiazole rings is 1. The van der Waals surface area contributed by atoms with Gasteiger partial charge < -0.3 is 4.74 Å². The van der Waals surface area contributed by atoms with Crippen molar-refractivity contribution in [3.8, 4) is 26.8 Å². The molecule has 0 saturated heterocycles. The number of fused-ring (bicyclic) bond motifs is 1. The second-order valence-electron chi connectivity index (χ2n) is 9.18. The molecule has 3 heterocycles. The normalized spacial score (nSPS) is 14.6. The fourth-order valence-corrected chi connectivity index (χ4v) is 6.24. The molecule has 3 aromatic heterocycles. The Balaban J connectivity index is 1.74. The lowest BCUT2D eigenvalue weighted by atomic mass is 9.75. The highest BCUT2D eigenvalue weighted by Gasteiger charge is 2.35. The number of rotatable bonds is 4. The van der Waals surface area contributed by atoms with Crippen molar-refractivity contribution < 1.29 is 14.3 Å². The number of hydrogen-bond acceptors (Lipinski definition) is 7. The molecule has 1 aliphatic rings. The number of esters is 1. The Hall–Kier alpha value is -3.07. The predicted octanol–water partition coefficient (Wildman–Crippen LogP) is 6.28. The molecule has 6 nitrogen and oxygen atoms in total. The third-order valence-electron chi connectivity index (χ3n) is 6.02. The number of Topliss-reactive ketones (excluding diaryl/α,β-unsaturated/α-hetero) is 1. The first-order valence-electron chi connectivity index (χ1n) is 10.9. The standard InChI is InChI=1S/C26H21ClN2O4S2/c1-26(2)11-20-17(21(30)12-26)10-18(22-28-19(13-35-22)14-4-6-15(27)7-5-14)23(31)29(20)24-16(8-9-34-24)25(32)33-3/h4-10,13H,11-12H2,1-3H3. The second-order valence-corrected chi connectivity index (χ2v) is 11.4. The van der Waals surface area contributed by atoms with Crippen LogP contribution in [0.15, 0.2) is 52.0 Å². The highest BCUT2D eigenvalue weighted by molar-refractivity contribution is 7.13. The van der Waals surface area contributed by atoms with Crippen molar-refractivity contribution in [2.75, 3.05) is 7.11 Å². The van der Waals surface area contributed by atoms with Crippen molar-refractivity contribution in [3.63, 3.8) is 0 Å². The SMILES string of the molecule is COC(=O)c1ccsc1-n1c2c(cc(-c3nc(-c4ccc(Cl)cc4)cs3)c1=O)C(=O)CC(C)(C)C2. The van der Waals surface area contributed by atoms with Crippen molar-refractivity contribution in [2.45, 2.75) is 26.7 Å². The zero-order valence-corrected chi connectivity index (χ0v) is 21.6. The van der Waals surface area contributed by atoms with E-state index in [-0.39, 0.29) is 22.3 Å². The van der Waals surface area contributed by atoms with Crippen LogP contribution in [0.1, 0.15) is 46.7 Å². The lowest BCUT2D eigenvalue weighted by Gasteiger charge is -2.32. The minimum absolute atomic E-state index is 0.0306. The van der Waals surface area contributed by atoms with E-state index in [1.807, 2.05) is 31.4 Å². The number of pyridine rings is 1. The fraction of sp³-hybridized carbons (Fsp3) is 0.231. The molecule has 1 aliphatic carbocycles. The molecular formula is C26H21ClN2O4S2. The van der Waals surface area contributed by atoms with Crippen LogP contribution < -0.4 is 5.56 Å². The molecule has 0 saturated carbocycles. The first kappa shape index (κ1) is 23.7. The van der Waals surface area contributed by atoms with Gasteiger partial charge >= 0.3 is 5.97 Å². The van der Waals surface area contributed by atoms with Crippen LogP contribution >= 0.6 is 34.3 Å². The van der Waals surface area contributed by atoms with Crippen molar-refractivity contribution in [1.29, 1.82) is 0 Å². The van der Waals surface area contributed by atoms with Crippen molar-refractivity contribution in [3.05, 3.63) is 79.4 Å². The fourth-order valence-electron chi connectivity index (χ4n) is 4.37. The predicted molar refractivity (Wildman–Crippen MR) is 139 cm³/mol. The Morgan fingerprint density at radius 1 is 1.09 bits per heavy atom. The molecule has 9 heteroatoms. The lowest BCUT2D eigenvalue weighted by molar-refractivity contribution is 0.0601. The van der Waals surface area contributed by atoms with Gasteiger partial charge in [-0.3, -0.25) is 14.2 Å². The molecule has 178 valence electrons. The van der Waals surface area contributed by atoms with Crippen molar-refractivity contribution in [1.82, 2.24) is 9.55 Å². The number of nitrogens with zero attached hydrogens (tertiary/aromatic N) is 2. The van der Waals surface area contributed by atoms with Gasteiger partial charge in [-0.15, -0.1) is 22.7 Å². The highest BCUT2D eigenvalue weighted by Crippen LogP contribution is 2.38. The topological polar surface area (TPSA) is 78.3 Å². The van der Waals surface area contributed by atoms with Gasteiger partial charge in [-0.25, -0.2) is 9.78 Å². The van der Waals surface area contributed by atoms with Gasteiger partial charge in [0.15, 0.2) is 5.78 Å². The third kappa shape index (κ3) is 4.26. The Morgan fingerprint density at radius 3 is 2.54 bits per heavy atom. The molecule has 0 fully saturated rings. The molecular weight excluding hydrogens is 504 g/mol. The van der Waals surface area contributed by atoms with Crippen LogP contribution in [0, 0.1) is 5.41 Å². The molecule has 0 N–H and O–H groups in total. The van der Waals surface area contributed by atoms with Crippen LogP contribution in [0.4, 0.5) is 0 Å². The van der Waals surface area contributed by atoms with Crippen molar-refractivity contribution >= 4 is 46.0 Å². The molecule has 0 radical (unpaired) electrons. The maximum atomic E-state index is 14.0.